The van der Waals surface area contributed by atoms with Crippen LogP contribution in [0.25, 0.3) is 22.6 Å². The lowest BCUT2D eigenvalue weighted by atomic mass is 10.1. The van der Waals surface area contributed by atoms with Crippen molar-refractivity contribution in [3.8, 4) is 22.6 Å². The molecule has 128 valence electrons. The molecule has 0 bridgehead atoms. The molecule has 1 amide bonds. The zero-order chi connectivity index (χ0) is 17.9. The second-order valence-electron chi connectivity index (χ2n) is 5.80. The van der Waals surface area contributed by atoms with Crippen molar-refractivity contribution in [2.45, 2.75) is 6.92 Å². The van der Waals surface area contributed by atoms with Crippen molar-refractivity contribution >= 4 is 22.4 Å². The Balaban J connectivity index is 1.47. The SMILES string of the molecule is Cc1ccc(-c2csc(NC(=O)c3ccc(-c4cnco4)cc3)n2)cc1. The normalized spacial score (nSPS) is 10.7. The highest BCUT2D eigenvalue weighted by Crippen LogP contribution is 2.26. The maximum atomic E-state index is 12.4. The van der Waals surface area contributed by atoms with Crippen molar-refractivity contribution in [2.75, 3.05) is 5.32 Å². The highest BCUT2D eigenvalue weighted by atomic mass is 32.1. The van der Waals surface area contributed by atoms with Crippen molar-refractivity contribution in [3.63, 3.8) is 0 Å². The van der Waals surface area contributed by atoms with Crippen LogP contribution < -0.4 is 5.32 Å². The molecule has 0 atom stereocenters. The van der Waals surface area contributed by atoms with Crippen LogP contribution in [0.1, 0.15) is 15.9 Å². The maximum absolute atomic E-state index is 12.4. The lowest BCUT2D eigenvalue weighted by molar-refractivity contribution is 0.102. The molecule has 0 aliphatic heterocycles. The number of oxazole rings is 1. The van der Waals surface area contributed by atoms with E-state index in [1.165, 1.54) is 23.3 Å². The summed E-state index contributed by atoms with van der Waals surface area (Å²) in [6.45, 7) is 2.05. The third-order valence-electron chi connectivity index (χ3n) is 3.94. The number of anilines is 1. The molecular weight excluding hydrogens is 346 g/mol. The van der Waals surface area contributed by atoms with E-state index in [1.807, 2.05) is 48.7 Å². The van der Waals surface area contributed by atoms with Crippen LogP contribution in [-0.2, 0) is 0 Å². The molecule has 1 N–H and O–H groups in total. The predicted molar refractivity (Wildman–Crippen MR) is 102 cm³/mol. The number of hydrogen-bond donors (Lipinski definition) is 1. The van der Waals surface area contributed by atoms with Crippen LogP contribution in [0.15, 0.2) is 70.9 Å². The Labute approximate surface area is 154 Å². The fraction of sp³-hybridized carbons (Fsp3) is 0.0500. The van der Waals surface area contributed by atoms with E-state index in [9.17, 15) is 4.79 Å². The first kappa shape index (κ1) is 16.2. The molecule has 2 aromatic heterocycles. The van der Waals surface area contributed by atoms with E-state index in [-0.39, 0.29) is 5.91 Å². The van der Waals surface area contributed by atoms with Gasteiger partial charge >= 0.3 is 0 Å². The zero-order valence-corrected chi connectivity index (χ0v) is 14.8. The Morgan fingerprint density at radius 2 is 1.77 bits per heavy atom. The summed E-state index contributed by atoms with van der Waals surface area (Å²) in [5, 5.41) is 5.36. The summed E-state index contributed by atoms with van der Waals surface area (Å²) in [5.41, 5.74) is 4.51. The van der Waals surface area contributed by atoms with Gasteiger partial charge in [0, 0.05) is 22.1 Å². The maximum Gasteiger partial charge on any atom is 0.257 e. The predicted octanol–water partition coefficient (Wildman–Crippen LogP) is 5.03. The molecule has 0 fully saturated rings. The Morgan fingerprint density at radius 1 is 1.04 bits per heavy atom. The summed E-state index contributed by atoms with van der Waals surface area (Å²) in [5.74, 6) is 0.471. The van der Waals surface area contributed by atoms with Gasteiger partial charge in [-0.1, -0.05) is 42.0 Å². The number of amides is 1. The largest absolute Gasteiger partial charge is 0.444 e. The van der Waals surface area contributed by atoms with Crippen LogP contribution >= 0.6 is 11.3 Å². The van der Waals surface area contributed by atoms with Crippen LogP contribution in [-0.4, -0.2) is 15.9 Å². The second-order valence-corrected chi connectivity index (χ2v) is 6.66. The fourth-order valence-corrected chi connectivity index (χ4v) is 3.22. The summed E-state index contributed by atoms with van der Waals surface area (Å²) in [7, 11) is 0. The molecular formula is C20H15N3O2S. The van der Waals surface area contributed by atoms with Gasteiger partial charge in [-0.15, -0.1) is 11.3 Å². The summed E-state index contributed by atoms with van der Waals surface area (Å²) >= 11 is 1.41. The number of carbonyl (C=O) groups is 1. The van der Waals surface area contributed by atoms with Crippen LogP contribution in [0, 0.1) is 6.92 Å². The highest BCUT2D eigenvalue weighted by Gasteiger charge is 2.11. The van der Waals surface area contributed by atoms with Gasteiger partial charge in [0.1, 0.15) is 0 Å². The second kappa shape index (κ2) is 6.93. The lowest BCUT2D eigenvalue weighted by Gasteiger charge is -2.03. The van der Waals surface area contributed by atoms with E-state index in [1.54, 1.807) is 18.3 Å². The van der Waals surface area contributed by atoms with Crippen molar-refractivity contribution in [1.82, 2.24) is 9.97 Å². The van der Waals surface area contributed by atoms with Gasteiger partial charge in [-0.25, -0.2) is 9.97 Å². The van der Waals surface area contributed by atoms with E-state index >= 15 is 0 Å². The molecule has 0 saturated carbocycles. The Hall–Kier alpha value is -3.25. The lowest BCUT2D eigenvalue weighted by Crippen LogP contribution is -2.11. The van der Waals surface area contributed by atoms with Gasteiger partial charge in [0.15, 0.2) is 17.3 Å². The van der Waals surface area contributed by atoms with Gasteiger partial charge in [-0.2, -0.15) is 0 Å². The van der Waals surface area contributed by atoms with E-state index in [0.29, 0.717) is 16.5 Å². The van der Waals surface area contributed by atoms with E-state index in [4.69, 9.17) is 4.42 Å². The number of aryl methyl sites for hydroxylation is 1. The average molecular weight is 361 g/mol. The van der Waals surface area contributed by atoms with E-state index in [0.717, 1.165) is 16.8 Å². The van der Waals surface area contributed by atoms with Crippen LogP contribution in [0.2, 0.25) is 0 Å². The van der Waals surface area contributed by atoms with E-state index in [2.05, 4.69) is 15.3 Å². The quantitative estimate of drug-likeness (QED) is 0.554. The zero-order valence-electron chi connectivity index (χ0n) is 14.0. The van der Waals surface area contributed by atoms with Gasteiger partial charge < -0.3 is 4.42 Å². The molecule has 2 aromatic carbocycles. The summed E-state index contributed by atoms with van der Waals surface area (Å²) < 4.78 is 5.25. The number of nitrogens with one attached hydrogen (secondary N) is 1. The van der Waals surface area contributed by atoms with Crippen molar-refractivity contribution < 1.29 is 9.21 Å². The van der Waals surface area contributed by atoms with E-state index < -0.39 is 0 Å². The molecule has 4 aromatic rings. The van der Waals surface area contributed by atoms with Gasteiger partial charge in [-0.05, 0) is 19.1 Å². The van der Waals surface area contributed by atoms with Crippen LogP contribution in [0.5, 0.6) is 0 Å². The number of benzene rings is 2. The number of hydrogen-bond acceptors (Lipinski definition) is 5. The summed E-state index contributed by atoms with van der Waals surface area (Å²) in [4.78, 5) is 20.8. The van der Waals surface area contributed by atoms with Gasteiger partial charge in [0.05, 0.1) is 11.9 Å². The molecule has 0 aliphatic carbocycles. The number of aromatic nitrogens is 2. The summed E-state index contributed by atoms with van der Waals surface area (Å²) in [6.07, 6.45) is 3.02. The Kier molecular flexibility index (Phi) is 4.33. The van der Waals surface area contributed by atoms with Crippen LogP contribution in [0.3, 0.4) is 0 Å². The first-order valence-corrected chi connectivity index (χ1v) is 8.90. The average Bonchev–Trinajstić information content (AvgIpc) is 3.35. The number of nitrogens with zero attached hydrogens (tertiary/aromatic N) is 2. The highest BCUT2D eigenvalue weighted by molar-refractivity contribution is 7.14. The monoisotopic (exact) mass is 361 g/mol. The fourth-order valence-electron chi connectivity index (χ4n) is 2.50. The van der Waals surface area contributed by atoms with Crippen molar-refractivity contribution in [2.24, 2.45) is 0 Å². The smallest absolute Gasteiger partial charge is 0.257 e. The van der Waals surface area contributed by atoms with Gasteiger partial charge in [-0.3, -0.25) is 10.1 Å². The molecule has 6 heteroatoms. The Bertz CT molecular complexity index is 1020. The number of carbonyl (C=O) groups excluding carboxylic acids is 1. The summed E-state index contributed by atoms with van der Waals surface area (Å²) in [6, 6.07) is 15.3. The number of rotatable bonds is 4. The molecule has 5 nitrogen and oxygen atoms in total. The third kappa shape index (κ3) is 3.41. The molecule has 0 unspecified atom stereocenters. The minimum absolute atomic E-state index is 0.195. The molecule has 26 heavy (non-hydrogen) atoms. The molecule has 0 spiro atoms. The third-order valence-corrected chi connectivity index (χ3v) is 4.69. The minimum Gasteiger partial charge on any atom is -0.444 e. The molecule has 0 saturated heterocycles. The van der Waals surface area contributed by atoms with Gasteiger partial charge in [0.2, 0.25) is 0 Å². The number of thiazole rings is 1. The topological polar surface area (TPSA) is 68.0 Å². The minimum atomic E-state index is -0.195. The molecule has 0 radical (unpaired) electrons. The van der Waals surface area contributed by atoms with Crippen molar-refractivity contribution in [1.29, 1.82) is 0 Å². The molecule has 0 aliphatic rings. The van der Waals surface area contributed by atoms with Gasteiger partial charge in [0.25, 0.3) is 5.91 Å². The molecule has 2 heterocycles. The Morgan fingerprint density at radius 3 is 2.46 bits per heavy atom. The van der Waals surface area contributed by atoms with Crippen molar-refractivity contribution in [3.05, 3.63) is 77.6 Å². The first-order chi connectivity index (χ1) is 12.7. The standard InChI is InChI=1S/C20H15N3O2S/c1-13-2-4-14(5-3-13)17-11-26-20(22-17)23-19(24)16-8-6-15(7-9-16)18-10-21-12-25-18/h2-12H,1H3,(H,22,23,24). The molecule has 4 rings (SSSR count). The van der Waals surface area contributed by atoms with Crippen LogP contribution in [0.4, 0.5) is 5.13 Å². The first-order valence-electron chi connectivity index (χ1n) is 8.02.